The van der Waals surface area contributed by atoms with E-state index in [1.807, 2.05) is 4.57 Å². The van der Waals surface area contributed by atoms with Crippen molar-refractivity contribution in [2.75, 3.05) is 5.73 Å². The minimum Gasteiger partial charge on any atom is -0.383 e. The molecule has 0 bridgehead atoms. The third kappa shape index (κ3) is 2.17. The normalized spacial score (nSPS) is 14.8. The third-order valence-corrected chi connectivity index (χ3v) is 3.59. The topological polar surface area (TPSA) is 43.8 Å². The first-order valence-electron chi connectivity index (χ1n) is 6.93. The van der Waals surface area contributed by atoms with Crippen LogP contribution in [0.25, 0.3) is 11.3 Å². The van der Waals surface area contributed by atoms with Crippen LogP contribution in [0.4, 0.5) is 14.6 Å². The summed E-state index contributed by atoms with van der Waals surface area (Å²) in [6, 6.07) is 3.73. The molecule has 0 amide bonds. The molecule has 20 heavy (non-hydrogen) atoms. The minimum absolute atomic E-state index is 0.138. The fourth-order valence-electron chi connectivity index (χ4n) is 2.51. The number of nitrogen functional groups attached to an aromatic ring is 1. The number of nitrogens with zero attached hydrogens (tertiary/aromatic N) is 2. The second-order valence-corrected chi connectivity index (χ2v) is 5.24. The van der Waals surface area contributed by atoms with Crippen LogP contribution in [0.1, 0.15) is 38.1 Å². The number of hydrogen-bond donors (Lipinski definition) is 1. The zero-order chi connectivity index (χ0) is 14.3. The maximum absolute atomic E-state index is 13.9. The van der Waals surface area contributed by atoms with Crippen LogP contribution < -0.4 is 5.73 Å². The molecule has 0 aliphatic heterocycles. The van der Waals surface area contributed by atoms with E-state index in [1.165, 1.54) is 0 Å². The summed E-state index contributed by atoms with van der Waals surface area (Å²) in [5, 5.41) is 0. The lowest BCUT2D eigenvalue weighted by Gasteiger charge is -2.07. The highest BCUT2D eigenvalue weighted by Gasteiger charge is 2.30. The van der Waals surface area contributed by atoms with Crippen LogP contribution in [-0.2, 0) is 6.42 Å². The maximum atomic E-state index is 13.9. The Morgan fingerprint density at radius 3 is 2.75 bits per heavy atom. The maximum Gasteiger partial charge on any atom is 0.132 e. The molecule has 0 radical (unpaired) electrons. The molecule has 1 aromatic carbocycles. The van der Waals surface area contributed by atoms with Crippen LogP contribution in [0.5, 0.6) is 0 Å². The van der Waals surface area contributed by atoms with Crippen molar-refractivity contribution in [3.05, 3.63) is 35.7 Å². The fourth-order valence-corrected chi connectivity index (χ4v) is 2.51. The summed E-state index contributed by atoms with van der Waals surface area (Å²) in [5.41, 5.74) is 6.63. The van der Waals surface area contributed by atoms with E-state index in [-0.39, 0.29) is 5.56 Å². The van der Waals surface area contributed by atoms with Gasteiger partial charge in [-0.05, 0) is 37.5 Å². The number of imidazole rings is 1. The quantitative estimate of drug-likeness (QED) is 0.926. The molecule has 5 heteroatoms. The predicted octanol–water partition coefficient (Wildman–Crippen LogP) is 3.70. The highest BCUT2D eigenvalue weighted by molar-refractivity contribution is 5.71. The highest BCUT2D eigenvalue weighted by atomic mass is 19.1. The van der Waals surface area contributed by atoms with Crippen LogP contribution in [0, 0.1) is 11.6 Å². The molecule has 2 aromatic rings. The molecule has 0 atom stereocenters. The molecule has 1 fully saturated rings. The summed E-state index contributed by atoms with van der Waals surface area (Å²) >= 11 is 0. The van der Waals surface area contributed by atoms with Gasteiger partial charge in [0.25, 0.3) is 0 Å². The van der Waals surface area contributed by atoms with E-state index >= 15 is 0 Å². The van der Waals surface area contributed by atoms with Gasteiger partial charge in [-0.25, -0.2) is 13.8 Å². The Hall–Kier alpha value is -1.91. The van der Waals surface area contributed by atoms with Crippen LogP contribution in [-0.4, -0.2) is 9.55 Å². The Balaban J connectivity index is 2.13. The molecule has 3 nitrogen and oxygen atoms in total. The van der Waals surface area contributed by atoms with E-state index in [0.717, 1.165) is 49.7 Å². The second-order valence-electron chi connectivity index (χ2n) is 5.24. The van der Waals surface area contributed by atoms with Crippen LogP contribution in [0.3, 0.4) is 0 Å². The number of hydrogen-bond acceptors (Lipinski definition) is 2. The van der Waals surface area contributed by atoms with Crippen molar-refractivity contribution in [1.29, 1.82) is 0 Å². The van der Waals surface area contributed by atoms with Gasteiger partial charge in [0.2, 0.25) is 0 Å². The molecule has 1 aromatic heterocycles. The molecule has 1 aliphatic carbocycles. The van der Waals surface area contributed by atoms with Crippen molar-refractivity contribution in [2.45, 2.75) is 38.6 Å². The first-order chi connectivity index (χ1) is 9.61. The van der Waals surface area contributed by atoms with Gasteiger partial charge >= 0.3 is 0 Å². The number of nitrogens with two attached hydrogens (primary N) is 1. The van der Waals surface area contributed by atoms with Gasteiger partial charge in [0, 0.05) is 18.0 Å². The van der Waals surface area contributed by atoms with Crippen molar-refractivity contribution in [2.24, 2.45) is 0 Å². The molecule has 1 saturated carbocycles. The lowest BCUT2D eigenvalue weighted by Crippen LogP contribution is -2.05. The summed E-state index contributed by atoms with van der Waals surface area (Å²) in [4.78, 5) is 4.46. The van der Waals surface area contributed by atoms with Crippen molar-refractivity contribution in [3.63, 3.8) is 0 Å². The molecule has 2 N–H and O–H groups in total. The van der Waals surface area contributed by atoms with E-state index < -0.39 is 11.6 Å². The summed E-state index contributed by atoms with van der Waals surface area (Å²) in [7, 11) is 0. The number of anilines is 1. The number of halogens is 2. The first kappa shape index (κ1) is 13.1. The Labute approximate surface area is 116 Å². The van der Waals surface area contributed by atoms with Crippen LogP contribution >= 0.6 is 0 Å². The lowest BCUT2D eigenvalue weighted by atomic mass is 10.1. The van der Waals surface area contributed by atoms with Crippen molar-refractivity contribution in [1.82, 2.24) is 9.55 Å². The molecular weight excluding hydrogens is 260 g/mol. The molecule has 0 spiro atoms. The number of rotatable bonds is 4. The molecular formula is C15H17F2N3. The van der Waals surface area contributed by atoms with Gasteiger partial charge in [0.15, 0.2) is 0 Å². The largest absolute Gasteiger partial charge is 0.383 e. The lowest BCUT2D eigenvalue weighted by molar-refractivity contribution is 0.603. The average Bonchev–Trinajstić information content (AvgIpc) is 3.19. The third-order valence-electron chi connectivity index (χ3n) is 3.59. The first-order valence-corrected chi connectivity index (χ1v) is 6.93. The summed E-state index contributed by atoms with van der Waals surface area (Å²) in [6.45, 7) is 2.06. The Kier molecular flexibility index (Phi) is 3.20. The van der Waals surface area contributed by atoms with Gasteiger partial charge in [0.05, 0.1) is 0 Å². The van der Waals surface area contributed by atoms with E-state index in [9.17, 15) is 8.78 Å². The monoisotopic (exact) mass is 277 g/mol. The predicted molar refractivity (Wildman–Crippen MR) is 74.3 cm³/mol. The van der Waals surface area contributed by atoms with E-state index in [4.69, 9.17) is 5.73 Å². The van der Waals surface area contributed by atoms with E-state index in [1.54, 1.807) is 0 Å². The van der Waals surface area contributed by atoms with Gasteiger partial charge in [-0.3, -0.25) is 0 Å². The molecule has 3 rings (SSSR count). The van der Waals surface area contributed by atoms with Gasteiger partial charge in [-0.15, -0.1) is 0 Å². The zero-order valence-electron chi connectivity index (χ0n) is 11.4. The van der Waals surface area contributed by atoms with Crippen molar-refractivity contribution >= 4 is 5.82 Å². The summed E-state index contributed by atoms with van der Waals surface area (Å²) in [6.07, 6.45) is 3.87. The van der Waals surface area contributed by atoms with Crippen molar-refractivity contribution < 1.29 is 8.78 Å². The van der Waals surface area contributed by atoms with E-state index in [0.29, 0.717) is 17.6 Å². The van der Waals surface area contributed by atoms with Gasteiger partial charge in [0.1, 0.15) is 29.0 Å². The molecule has 1 heterocycles. The fraction of sp³-hybridized carbons (Fsp3) is 0.400. The van der Waals surface area contributed by atoms with Gasteiger partial charge in [-0.1, -0.05) is 6.92 Å². The number of benzene rings is 1. The molecule has 0 unspecified atom stereocenters. The summed E-state index contributed by atoms with van der Waals surface area (Å²) < 4.78 is 29.2. The zero-order valence-corrected chi connectivity index (χ0v) is 11.4. The Bertz CT molecular complexity index is 645. The van der Waals surface area contributed by atoms with Crippen LogP contribution in [0.15, 0.2) is 18.2 Å². The van der Waals surface area contributed by atoms with E-state index in [2.05, 4.69) is 11.9 Å². The Morgan fingerprint density at radius 1 is 1.35 bits per heavy atom. The second kappa shape index (κ2) is 4.89. The SMILES string of the molecule is CCCc1nc(-c2cc(F)ccc2F)c(N)n1C1CC1. The Morgan fingerprint density at radius 2 is 2.10 bits per heavy atom. The van der Waals surface area contributed by atoms with Gasteiger partial charge < -0.3 is 10.3 Å². The average molecular weight is 277 g/mol. The minimum atomic E-state index is -0.499. The van der Waals surface area contributed by atoms with Gasteiger partial charge in [-0.2, -0.15) is 0 Å². The molecule has 106 valence electrons. The molecule has 0 saturated heterocycles. The highest BCUT2D eigenvalue weighted by Crippen LogP contribution is 2.41. The number of aryl methyl sites for hydroxylation is 1. The van der Waals surface area contributed by atoms with Crippen molar-refractivity contribution in [3.8, 4) is 11.3 Å². The summed E-state index contributed by atoms with van der Waals surface area (Å²) in [5.74, 6) is 0.326. The standard InChI is InChI=1S/C15H17F2N3/c1-2-3-13-19-14(15(18)20(13)10-5-6-10)11-8-9(16)4-7-12(11)17/h4,7-8,10H,2-3,5-6,18H2,1H3. The van der Waals surface area contributed by atoms with Crippen LogP contribution in [0.2, 0.25) is 0 Å². The smallest absolute Gasteiger partial charge is 0.132 e. The number of aromatic nitrogens is 2. The molecule has 1 aliphatic rings.